The van der Waals surface area contributed by atoms with Crippen LogP contribution in [0.15, 0.2) is 48.5 Å². The van der Waals surface area contributed by atoms with Crippen LogP contribution in [0.3, 0.4) is 0 Å². The number of alkyl carbamates (subject to hydrolysis) is 1. The first-order valence-electron chi connectivity index (χ1n) is 8.77. The van der Waals surface area contributed by atoms with E-state index in [1.807, 2.05) is 30.3 Å². The van der Waals surface area contributed by atoms with E-state index in [1.54, 1.807) is 39.0 Å². The van der Waals surface area contributed by atoms with E-state index in [0.29, 0.717) is 23.7 Å². The third-order valence-electron chi connectivity index (χ3n) is 3.70. The van der Waals surface area contributed by atoms with Gasteiger partial charge in [0, 0.05) is 11.6 Å². The number of benzene rings is 2. The van der Waals surface area contributed by atoms with Gasteiger partial charge in [0.15, 0.2) is 0 Å². The van der Waals surface area contributed by atoms with Crippen LogP contribution in [-0.2, 0) is 11.3 Å². The van der Waals surface area contributed by atoms with E-state index in [4.69, 9.17) is 14.2 Å². The highest BCUT2D eigenvalue weighted by Gasteiger charge is 2.22. The van der Waals surface area contributed by atoms with Gasteiger partial charge in [-0.15, -0.1) is 0 Å². The zero-order valence-corrected chi connectivity index (χ0v) is 16.2. The lowest BCUT2D eigenvalue weighted by atomic mass is 10.1. The quantitative estimate of drug-likeness (QED) is 0.771. The van der Waals surface area contributed by atoms with Crippen LogP contribution >= 0.6 is 0 Å². The summed E-state index contributed by atoms with van der Waals surface area (Å²) in [5, 5.41) is 12.4. The monoisotopic (exact) mass is 373 g/mol. The van der Waals surface area contributed by atoms with Crippen molar-refractivity contribution >= 4 is 6.09 Å². The molecule has 0 aliphatic heterocycles. The molecule has 0 saturated carbocycles. The van der Waals surface area contributed by atoms with Gasteiger partial charge in [-0.3, -0.25) is 0 Å². The van der Waals surface area contributed by atoms with Crippen molar-refractivity contribution < 1.29 is 24.1 Å². The van der Waals surface area contributed by atoms with Gasteiger partial charge in [0.1, 0.15) is 23.7 Å². The Bertz CT molecular complexity index is 740. The number of nitrogens with one attached hydrogen (secondary N) is 1. The Morgan fingerprint density at radius 1 is 1.15 bits per heavy atom. The molecule has 2 aromatic rings. The highest BCUT2D eigenvalue weighted by atomic mass is 16.6. The fourth-order valence-corrected chi connectivity index (χ4v) is 2.48. The fraction of sp³-hybridized carbons (Fsp3) is 0.381. The summed E-state index contributed by atoms with van der Waals surface area (Å²) in [6, 6.07) is 14.4. The first-order chi connectivity index (χ1) is 12.8. The van der Waals surface area contributed by atoms with Crippen molar-refractivity contribution in [1.29, 1.82) is 0 Å². The van der Waals surface area contributed by atoms with E-state index < -0.39 is 17.7 Å². The van der Waals surface area contributed by atoms with Crippen LogP contribution in [0.5, 0.6) is 11.5 Å². The lowest BCUT2D eigenvalue weighted by Gasteiger charge is -2.24. The van der Waals surface area contributed by atoms with Gasteiger partial charge >= 0.3 is 6.09 Å². The second kappa shape index (κ2) is 9.28. The van der Waals surface area contributed by atoms with Crippen molar-refractivity contribution in [3.05, 3.63) is 59.7 Å². The summed E-state index contributed by atoms with van der Waals surface area (Å²) >= 11 is 0. The molecular weight excluding hydrogens is 346 g/mol. The molecular formula is C21H27NO5. The highest BCUT2D eigenvalue weighted by Crippen LogP contribution is 2.30. The molecule has 0 unspecified atom stereocenters. The average molecular weight is 373 g/mol. The maximum absolute atomic E-state index is 12.0. The summed E-state index contributed by atoms with van der Waals surface area (Å²) in [6.45, 7) is 5.47. The number of ether oxygens (including phenoxy) is 3. The first-order valence-corrected chi connectivity index (χ1v) is 8.77. The summed E-state index contributed by atoms with van der Waals surface area (Å²) in [6.07, 6.45) is -0.604. The molecule has 0 aromatic heterocycles. The molecule has 0 bridgehead atoms. The number of amides is 1. The topological polar surface area (TPSA) is 77.0 Å². The smallest absolute Gasteiger partial charge is 0.408 e. The van der Waals surface area contributed by atoms with Crippen LogP contribution in [0.1, 0.15) is 37.9 Å². The number of carbonyl (C=O) groups excluding carboxylic acids is 1. The van der Waals surface area contributed by atoms with Crippen LogP contribution in [0.4, 0.5) is 4.79 Å². The number of rotatable bonds is 7. The van der Waals surface area contributed by atoms with Gasteiger partial charge in [0.2, 0.25) is 0 Å². The van der Waals surface area contributed by atoms with Gasteiger partial charge in [0.25, 0.3) is 0 Å². The van der Waals surface area contributed by atoms with Crippen molar-refractivity contribution in [3.63, 3.8) is 0 Å². The number of methoxy groups -OCH3 is 1. The number of hydrogen-bond donors (Lipinski definition) is 2. The standard InChI is InChI=1S/C21H27NO5/c1-21(2,3)27-20(24)22-18(13-23)17-11-10-16(12-19(17)25-4)26-14-15-8-6-5-7-9-15/h5-12,18,23H,13-14H2,1-4H3,(H,22,24)/t18-/m0/s1. The molecule has 0 fully saturated rings. The zero-order chi connectivity index (χ0) is 19.9. The summed E-state index contributed by atoms with van der Waals surface area (Å²) < 4.78 is 16.5. The molecule has 2 N–H and O–H groups in total. The molecule has 0 heterocycles. The van der Waals surface area contributed by atoms with E-state index in [2.05, 4.69) is 5.32 Å². The van der Waals surface area contributed by atoms with Gasteiger partial charge in [0.05, 0.1) is 19.8 Å². The first kappa shape index (κ1) is 20.6. The number of hydrogen-bond acceptors (Lipinski definition) is 5. The summed E-state index contributed by atoms with van der Waals surface area (Å²) in [7, 11) is 1.53. The molecule has 1 atom stereocenters. The minimum atomic E-state index is -0.655. The highest BCUT2D eigenvalue weighted by molar-refractivity contribution is 5.68. The van der Waals surface area contributed by atoms with Crippen LogP contribution in [0.25, 0.3) is 0 Å². The van der Waals surface area contributed by atoms with E-state index >= 15 is 0 Å². The summed E-state index contributed by atoms with van der Waals surface area (Å²) in [4.78, 5) is 12.0. The lowest BCUT2D eigenvalue weighted by molar-refractivity contribution is 0.0481. The van der Waals surface area contributed by atoms with Crippen molar-refractivity contribution in [2.24, 2.45) is 0 Å². The second-order valence-electron chi connectivity index (χ2n) is 7.06. The summed E-state index contributed by atoms with van der Waals surface area (Å²) in [5.41, 5.74) is 1.07. The van der Waals surface area contributed by atoms with Gasteiger partial charge in [-0.1, -0.05) is 30.3 Å². The molecule has 6 heteroatoms. The molecule has 0 radical (unpaired) electrons. The van der Waals surface area contributed by atoms with Crippen LogP contribution in [0.2, 0.25) is 0 Å². The van der Waals surface area contributed by atoms with Gasteiger partial charge in [-0.2, -0.15) is 0 Å². The van der Waals surface area contributed by atoms with Crippen molar-refractivity contribution in [3.8, 4) is 11.5 Å². The Hall–Kier alpha value is -2.73. The van der Waals surface area contributed by atoms with Crippen LogP contribution in [0, 0.1) is 0 Å². The fourth-order valence-electron chi connectivity index (χ4n) is 2.48. The molecule has 0 saturated heterocycles. The lowest BCUT2D eigenvalue weighted by Crippen LogP contribution is -2.36. The van der Waals surface area contributed by atoms with E-state index in [9.17, 15) is 9.90 Å². The van der Waals surface area contributed by atoms with Gasteiger partial charge in [-0.05, 0) is 38.5 Å². The van der Waals surface area contributed by atoms with Crippen LogP contribution < -0.4 is 14.8 Å². The minimum Gasteiger partial charge on any atom is -0.496 e. The SMILES string of the molecule is COc1cc(OCc2ccccc2)ccc1[C@H](CO)NC(=O)OC(C)(C)C. The molecule has 2 rings (SSSR count). The predicted octanol–water partition coefficient (Wildman–Crippen LogP) is 3.83. The van der Waals surface area contributed by atoms with Crippen molar-refractivity contribution in [2.75, 3.05) is 13.7 Å². The van der Waals surface area contributed by atoms with E-state index in [1.165, 1.54) is 7.11 Å². The van der Waals surface area contributed by atoms with Gasteiger partial charge < -0.3 is 24.6 Å². The third-order valence-corrected chi connectivity index (χ3v) is 3.70. The number of aliphatic hydroxyl groups excluding tert-OH is 1. The third kappa shape index (κ3) is 6.49. The molecule has 2 aromatic carbocycles. The number of carbonyl (C=O) groups is 1. The number of aliphatic hydroxyl groups is 1. The zero-order valence-electron chi connectivity index (χ0n) is 16.2. The van der Waals surface area contributed by atoms with Crippen molar-refractivity contribution in [2.45, 2.75) is 39.0 Å². The van der Waals surface area contributed by atoms with E-state index in [0.717, 1.165) is 5.56 Å². The Morgan fingerprint density at radius 3 is 2.44 bits per heavy atom. The molecule has 1 amide bonds. The maximum Gasteiger partial charge on any atom is 0.408 e. The largest absolute Gasteiger partial charge is 0.496 e. The predicted molar refractivity (Wildman–Crippen MR) is 103 cm³/mol. The molecule has 27 heavy (non-hydrogen) atoms. The second-order valence-corrected chi connectivity index (χ2v) is 7.06. The molecule has 0 aliphatic carbocycles. The Morgan fingerprint density at radius 2 is 1.85 bits per heavy atom. The minimum absolute atomic E-state index is 0.292. The molecule has 0 aliphatic rings. The Labute approximate surface area is 160 Å². The Kier molecular flexibility index (Phi) is 7.07. The summed E-state index contributed by atoms with van der Waals surface area (Å²) in [5.74, 6) is 1.14. The molecule has 6 nitrogen and oxygen atoms in total. The van der Waals surface area contributed by atoms with Gasteiger partial charge in [-0.25, -0.2) is 4.79 Å². The molecule has 0 spiro atoms. The Balaban J connectivity index is 2.10. The maximum atomic E-state index is 12.0. The van der Waals surface area contributed by atoms with Crippen molar-refractivity contribution in [1.82, 2.24) is 5.32 Å². The van der Waals surface area contributed by atoms with Crippen LogP contribution in [-0.4, -0.2) is 30.5 Å². The average Bonchev–Trinajstić information content (AvgIpc) is 2.63. The van der Waals surface area contributed by atoms with E-state index in [-0.39, 0.29) is 6.61 Å². The molecule has 146 valence electrons. The normalized spacial score (nSPS) is 12.2.